The second-order valence-electron chi connectivity index (χ2n) is 5.81. The topological polar surface area (TPSA) is 68.2 Å². The summed E-state index contributed by atoms with van der Waals surface area (Å²) >= 11 is 0. The summed E-state index contributed by atoms with van der Waals surface area (Å²) in [4.78, 5) is 13.6. The molecule has 1 N–H and O–H groups in total. The normalized spacial score (nSPS) is 11.0. The summed E-state index contributed by atoms with van der Waals surface area (Å²) in [5.41, 5.74) is 0.277. The predicted octanol–water partition coefficient (Wildman–Crippen LogP) is 2.43. The third-order valence-corrected chi connectivity index (χ3v) is 2.84. The largest absolute Gasteiger partial charge is 0.493 e. The van der Waals surface area contributed by atoms with Gasteiger partial charge in [0, 0.05) is 13.1 Å². The Bertz CT molecular complexity index is 496. The molecule has 0 aromatic heterocycles. The first-order valence-corrected chi connectivity index (χ1v) is 7.10. The van der Waals surface area contributed by atoms with E-state index in [0.717, 1.165) is 5.56 Å². The van der Waals surface area contributed by atoms with Crippen LogP contribution in [0.25, 0.3) is 0 Å². The van der Waals surface area contributed by atoms with Gasteiger partial charge in [0.25, 0.3) is 0 Å². The maximum absolute atomic E-state index is 12.2. The van der Waals surface area contributed by atoms with Crippen LogP contribution >= 0.6 is 0 Å². The van der Waals surface area contributed by atoms with Gasteiger partial charge in [-0.1, -0.05) is 6.07 Å². The molecule has 0 radical (unpaired) electrons. The van der Waals surface area contributed by atoms with Crippen molar-refractivity contribution >= 4 is 6.09 Å². The van der Waals surface area contributed by atoms with Crippen LogP contribution < -0.4 is 9.47 Å². The zero-order valence-electron chi connectivity index (χ0n) is 13.9. The van der Waals surface area contributed by atoms with Crippen LogP contribution in [0.1, 0.15) is 26.3 Å². The summed E-state index contributed by atoms with van der Waals surface area (Å²) < 4.78 is 15.8. The maximum Gasteiger partial charge on any atom is 0.410 e. The smallest absolute Gasteiger partial charge is 0.410 e. The highest BCUT2D eigenvalue weighted by molar-refractivity contribution is 5.68. The number of carbonyl (C=O) groups excluding carboxylic acids is 1. The van der Waals surface area contributed by atoms with Crippen LogP contribution in [0, 0.1) is 0 Å². The standard InChI is InChI=1S/C16H25NO5/c1-16(2,3)22-15(19)17(8-9-18)11-12-6-7-13(20-4)14(10-12)21-5/h6-7,10,18H,8-9,11H2,1-5H3. The lowest BCUT2D eigenvalue weighted by molar-refractivity contribution is 0.0201. The van der Waals surface area contributed by atoms with Crippen molar-refractivity contribution in [3.63, 3.8) is 0 Å². The Balaban J connectivity index is 2.89. The molecule has 1 amide bonds. The average molecular weight is 311 g/mol. The van der Waals surface area contributed by atoms with E-state index in [1.54, 1.807) is 47.1 Å². The number of methoxy groups -OCH3 is 2. The fraction of sp³-hybridized carbons (Fsp3) is 0.562. The molecule has 0 fully saturated rings. The van der Waals surface area contributed by atoms with E-state index in [-0.39, 0.29) is 13.2 Å². The molecule has 0 spiro atoms. The average Bonchev–Trinajstić information content (AvgIpc) is 2.44. The fourth-order valence-electron chi connectivity index (χ4n) is 1.88. The summed E-state index contributed by atoms with van der Waals surface area (Å²) in [5.74, 6) is 1.21. The van der Waals surface area contributed by atoms with Gasteiger partial charge >= 0.3 is 6.09 Å². The fourth-order valence-corrected chi connectivity index (χ4v) is 1.88. The zero-order chi connectivity index (χ0) is 16.8. The van der Waals surface area contributed by atoms with Crippen molar-refractivity contribution in [2.75, 3.05) is 27.4 Å². The van der Waals surface area contributed by atoms with E-state index < -0.39 is 11.7 Å². The SMILES string of the molecule is COc1ccc(CN(CCO)C(=O)OC(C)(C)C)cc1OC. The summed E-state index contributed by atoms with van der Waals surface area (Å²) in [7, 11) is 3.12. The Morgan fingerprint density at radius 3 is 2.32 bits per heavy atom. The molecule has 0 unspecified atom stereocenters. The number of ether oxygens (including phenoxy) is 3. The molecule has 22 heavy (non-hydrogen) atoms. The van der Waals surface area contributed by atoms with Gasteiger partial charge in [0.2, 0.25) is 0 Å². The van der Waals surface area contributed by atoms with E-state index in [2.05, 4.69) is 0 Å². The summed E-state index contributed by atoms with van der Waals surface area (Å²) in [5, 5.41) is 9.15. The summed E-state index contributed by atoms with van der Waals surface area (Å²) in [6.07, 6.45) is -0.462. The molecular formula is C16H25NO5. The quantitative estimate of drug-likeness (QED) is 0.874. The number of rotatable bonds is 6. The molecule has 0 saturated carbocycles. The van der Waals surface area contributed by atoms with Gasteiger partial charge in [-0.3, -0.25) is 0 Å². The van der Waals surface area contributed by atoms with Crippen molar-refractivity contribution in [3.05, 3.63) is 23.8 Å². The van der Waals surface area contributed by atoms with E-state index in [1.807, 2.05) is 6.07 Å². The second kappa shape index (κ2) is 7.89. The van der Waals surface area contributed by atoms with Gasteiger partial charge in [-0.25, -0.2) is 4.79 Å². The van der Waals surface area contributed by atoms with E-state index in [1.165, 1.54) is 4.90 Å². The van der Waals surface area contributed by atoms with Gasteiger partial charge in [-0.15, -0.1) is 0 Å². The van der Waals surface area contributed by atoms with Crippen LogP contribution in [0.4, 0.5) is 4.79 Å². The first-order chi connectivity index (χ1) is 10.3. The van der Waals surface area contributed by atoms with Gasteiger partial charge in [0.15, 0.2) is 11.5 Å². The van der Waals surface area contributed by atoms with E-state index in [9.17, 15) is 4.79 Å². The molecule has 1 aromatic rings. The molecule has 124 valence electrons. The number of hydrogen-bond donors (Lipinski definition) is 1. The minimum Gasteiger partial charge on any atom is -0.493 e. The molecular weight excluding hydrogens is 286 g/mol. The lowest BCUT2D eigenvalue weighted by Gasteiger charge is -2.27. The van der Waals surface area contributed by atoms with E-state index in [0.29, 0.717) is 18.0 Å². The number of benzene rings is 1. The van der Waals surface area contributed by atoms with Crippen molar-refractivity contribution in [2.24, 2.45) is 0 Å². The Hall–Kier alpha value is -1.95. The Labute approximate surface area is 131 Å². The summed E-state index contributed by atoms with van der Waals surface area (Å²) in [6, 6.07) is 5.42. The third-order valence-electron chi connectivity index (χ3n) is 2.84. The third kappa shape index (κ3) is 5.44. The highest BCUT2D eigenvalue weighted by Crippen LogP contribution is 2.28. The van der Waals surface area contributed by atoms with Crippen LogP contribution in [0.15, 0.2) is 18.2 Å². The van der Waals surface area contributed by atoms with Crippen LogP contribution in [-0.2, 0) is 11.3 Å². The Morgan fingerprint density at radius 1 is 1.18 bits per heavy atom. The molecule has 1 aromatic carbocycles. The molecule has 1 rings (SSSR count). The van der Waals surface area contributed by atoms with Crippen molar-refractivity contribution in [2.45, 2.75) is 32.9 Å². The predicted molar refractivity (Wildman–Crippen MR) is 83.3 cm³/mol. The number of hydrogen-bond acceptors (Lipinski definition) is 5. The first kappa shape index (κ1) is 18.1. The van der Waals surface area contributed by atoms with Gasteiger partial charge in [-0.05, 0) is 38.5 Å². The molecule has 6 nitrogen and oxygen atoms in total. The van der Waals surface area contributed by atoms with E-state index >= 15 is 0 Å². The molecule has 0 aliphatic rings. The number of aliphatic hydroxyl groups excluding tert-OH is 1. The first-order valence-electron chi connectivity index (χ1n) is 7.10. The van der Waals surface area contributed by atoms with E-state index in [4.69, 9.17) is 19.3 Å². The van der Waals surface area contributed by atoms with Crippen LogP contribution in [0.5, 0.6) is 11.5 Å². The number of carbonyl (C=O) groups is 1. The molecule has 6 heteroatoms. The lowest BCUT2D eigenvalue weighted by Crippen LogP contribution is -2.38. The van der Waals surface area contributed by atoms with Gasteiger partial charge < -0.3 is 24.2 Å². The minimum absolute atomic E-state index is 0.132. The van der Waals surface area contributed by atoms with Crippen LogP contribution in [-0.4, -0.2) is 49.1 Å². The Kier molecular flexibility index (Phi) is 6.49. The van der Waals surface area contributed by atoms with Crippen molar-refractivity contribution in [1.29, 1.82) is 0 Å². The van der Waals surface area contributed by atoms with Crippen molar-refractivity contribution < 1.29 is 24.1 Å². The maximum atomic E-state index is 12.2. The molecule has 0 aliphatic heterocycles. The molecule has 0 heterocycles. The molecule has 0 bridgehead atoms. The Morgan fingerprint density at radius 2 is 1.82 bits per heavy atom. The monoisotopic (exact) mass is 311 g/mol. The summed E-state index contributed by atoms with van der Waals surface area (Å²) in [6.45, 7) is 5.79. The molecule has 0 aliphatic carbocycles. The van der Waals surface area contributed by atoms with Gasteiger partial charge in [0.05, 0.1) is 20.8 Å². The molecule has 0 atom stereocenters. The highest BCUT2D eigenvalue weighted by Gasteiger charge is 2.22. The van der Waals surface area contributed by atoms with Crippen LogP contribution in [0.2, 0.25) is 0 Å². The van der Waals surface area contributed by atoms with Gasteiger partial charge in [-0.2, -0.15) is 0 Å². The lowest BCUT2D eigenvalue weighted by atomic mass is 10.2. The zero-order valence-corrected chi connectivity index (χ0v) is 13.9. The van der Waals surface area contributed by atoms with Gasteiger partial charge in [0.1, 0.15) is 5.60 Å². The number of amides is 1. The van der Waals surface area contributed by atoms with Crippen molar-refractivity contribution in [3.8, 4) is 11.5 Å². The van der Waals surface area contributed by atoms with Crippen LogP contribution in [0.3, 0.4) is 0 Å². The number of nitrogens with zero attached hydrogens (tertiary/aromatic N) is 1. The molecule has 0 saturated heterocycles. The van der Waals surface area contributed by atoms with Crippen molar-refractivity contribution in [1.82, 2.24) is 4.90 Å². The second-order valence-corrected chi connectivity index (χ2v) is 5.81. The highest BCUT2D eigenvalue weighted by atomic mass is 16.6. The minimum atomic E-state index is -0.581. The number of aliphatic hydroxyl groups is 1.